The van der Waals surface area contributed by atoms with E-state index in [1.807, 2.05) is 24.3 Å². The van der Waals surface area contributed by atoms with E-state index in [1.165, 1.54) is 77.0 Å². The van der Waals surface area contributed by atoms with E-state index < -0.39 is 0 Å². The average Bonchev–Trinajstić information content (AvgIpc) is 2.89. The molecular weight excluding hydrogens is 436 g/mol. The van der Waals surface area contributed by atoms with Crippen molar-refractivity contribution in [1.82, 2.24) is 9.97 Å². The third-order valence-electron chi connectivity index (χ3n) is 6.15. The molecule has 0 aliphatic heterocycles. The molecule has 1 aromatic carbocycles. The molecule has 0 spiro atoms. The van der Waals surface area contributed by atoms with Crippen molar-refractivity contribution >= 4 is 0 Å². The Balaban J connectivity index is 1.54. The van der Waals surface area contributed by atoms with Crippen molar-refractivity contribution in [3.8, 4) is 22.9 Å². The van der Waals surface area contributed by atoms with Crippen LogP contribution >= 0.6 is 0 Å². The first kappa shape index (κ1) is 29.1. The maximum absolute atomic E-state index is 5.91. The summed E-state index contributed by atoms with van der Waals surface area (Å²) in [7, 11) is 0. The summed E-state index contributed by atoms with van der Waals surface area (Å²) >= 11 is 0. The summed E-state index contributed by atoms with van der Waals surface area (Å²) in [6.07, 6.45) is 21.7. The lowest BCUT2D eigenvalue weighted by atomic mass is 10.1. The molecule has 35 heavy (non-hydrogen) atoms. The van der Waals surface area contributed by atoms with E-state index >= 15 is 0 Å². The molecule has 2 rings (SSSR count). The van der Waals surface area contributed by atoms with Gasteiger partial charge in [0.15, 0.2) is 11.6 Å². The van der Waals surface area contributed by atoms with Gasteiger partial charge in [0.05, 0.1) is 25.6 Å². The van der Waals surface area contributed by atoms with Crippen LogP contribution in [0.5, 0.6) is 11.5 Å². The molecule has 1 heterocycles. The molecule has 0 amide bonds. The first-order valence-corrected chi connectivity index (χ1v) is 14.1. The molecule has 0 aliphatic rings. The van der Waals surface area contributed by atoms with E-state index in [-0.39, 0.29) is 0 Å². The highest BCUT2D eigenvalue weighted by Crippen LogP contribution is 2.21. The number of rotatable bonds is 22. The Hall–Kier alpha value is -2.14. The fourth-order valence-corrected chi connectivity index (χ4v) is 3.97. The highest BCUT2D eigenvalue weighted by atomic mass is 16.5. The number of ether oxygens (including phenoxy) is 3. The van der Waals surface area contributed by atoms with Gasteiger partial charge in [-0.15, -0.1) is 0 Å². The van der Waals surface area contributed by atoms with E-state index in [2.05, 4.69) is 23.8 Å². The smallest absolute Gasteiger partial charge is 0.159 e. The van der Waals surface area contributed by atoms with Gasteiger partial charge in [0, 0.05) is 12.2 Å². The summed E-state index contributed by atoms with van der Waals surface area (Å²) in [6.45, 7) is 7.18. The summed E-state index contributed by atoms with van der Waals surface area (Å²) in [5.74, 6) is 2.25. The van der Waals surface area contributed by atoms with Crippen molar-refractivity contribution in [3.05, 3.63) is 36.7 Å². The number of nitrogens with zero attached hydrogens (tertiary/aromatic N) is 2. The van der Waals surface area contributed by atoms with Crippen LogP contribution in [-0.4, -0.2) is 36.4 Å². The van der Waals surface area contributed by atoms with Crippen LogP contribution in [0.1, 0.15) is 104 Å². The van der Waals surface area contributed by atoms with Gasteiger partial charge in [-0.2, -0.15) is 0 Å². The molecular formula is C30H48N2O3. The van der Waals surface area contributed by atoms with E-state index in [0.717, 1.165) is 37.4 Å². The van der Waals surface area contributed by atoms with Gasteiger partial charge in [-0.25, -0.2) is 9.97 Å². The summed E-state index contributed by atoms with van der Waals surface area (Å²) < 4.78 is 17.2. The van der Waals surface area contributed by atoms with Crippen LogP contribution < -0.4 is 9.47 Å². The zero-order valence-corrected chi connectivity index (χ0v) is 22.3. The predicted molar refractivity (Wildman–Crippen MR) is 145 cm³/mol. The predicted octanol–water partition coefficient (Wildman–Crippen LogP) is 8.42. The maximum Gasteiger partial charge on any atom is 0.159 e. The number of hydrogen-bond acceptors (Lipinski definition) is 5. The second kappa shape index (κ2) is 20.1. The molecule has 5 nitrogen and oxygen atoms in total. The van der Waals surface area contributed by atoms with Gasteiger partial charge >= 0.3 is 0 Å². The fourth-order valence-electron chi connectivity index (χ4n) is 3.97. The van der Waals surface area contributed by atoms with Crippen LogP contribution in [0, 0.1) is 0 Å². The minimum atomic E-state index is 0.515. The number of benzene rings is 1. The lowest BCUT2D eigenvalue weighted by molar-refractivity contribution is 0.0969. The minimum absolute atomic E-state index is 0.515. The van der Waals surface area contributed by atoms with Crippen LogP contribution in [-0.2, 0) is 4.74 Å². The number of unbranched alkanes of at least 4 members (excludes halogenated alkanes) is 12. The Kier molecular flexibility index (Phi) is 16.7. The van der Waals surface area contributed by atoms with Crippen LogP contribution in [0.2, 0.25) is 0 Å². The van der Waals surface area contributed by atoms with Gasteiger partial charge in [-0.05, 0) is 37.1 Å². The first-order valence-electron chi connectivity index (χ1n) is 14.1. The SMILES string of the molecule is CCCCCCCCCCCCOc1ccc(-c2ncc(OCCOCCCCCC)cn2)cc1. The van der Waals surface area contributed by atoms with E-state index in [4.69, 9.17) is 14.2 Å². The molecule has 0 aliphatic carbocycles. The Morgan fingerprint density at radius 2 is 1.03 bits per heavy atom. The number of aromatic nitrogens is 2. The van der Waals surface area contributed by atoms with E-state index in [9.17, 15) is 0 Å². The largest absolute Gasteiger partial charge is 0.494 e. The van der Waals surface area contributed by atoms with Crippen LogP contribution in [0.25, 0.3) is 11.4 Å². The second-order valence-electron chi connectivity index (χ2n) is 9.32. The molecule has 2 aromatic rings. The molecule has 1 aromatic heterocycles. The monoisotopic (exact) mass is 484 g/mol. The molecule has 196 valence electrons. The molecule has 0 saturated heterocycles. The van der Waals surface area contributed by atoms with Crippen molar-refractivity contribution in [1.29, 1.82) is 0 Å². The van der Waals surface area contributed by atoms with Gasteiger partial charge in [-0.3, -0.25) is 0 Å². The Morgan fingerprint density at radius 3 is 1.66 bits per heavy atom. The molecule has 0 radical (unpaired) electrons. The molecule has 0 bridgehead atoms. The Bertz CT molecular complexity index is 734. The normalized spacial score (nSPS) is 11.0. The van der Waals surface area contributed by atoms with Crippen molar-refractivity contribution in [2.45, 2.75) is 104 Å². The lowest BCUT2D eigenvalue weighted by Gasteiger charge is -2.08. The van der Waals surface area contributed by atoms with E-state index in [0.29, 0.717) is 24.8 Å². The third-order valence-corrected chi connectivity index (χ3v) is 6.15. The van der Waals surface area contributed by atoms with E-state index in [1.54, 1.807) is 12.4 Å². The zero-order valence-electron chi connectivity index (χ0n) is 22.3. The molecule has 0 fully saturated rings. The second-order valence-corrected chi connectivity index (χ2v) is 9.32. The molecule has 0 N–H and O–H groups in total. The quantitative estimate of drug-likeness (QED) is 0.157. The molecule has 0 atom stereocenters. The van der Waals surface area contributed by atoms with Crippen molar-refractivity contribution in [2.75, 3.05) is 26.4 Å². The topological polar surface area (TPSA) is 53.5 Å². The summed E-state index contributed by atoms with van der Waals surface area (Å²) in [6, 6.07) is 8.01. The minimum Gasteiger partial charge on any atom is -0.494 e. The summed E-state index contributed by atoms with van der Waals surface area (Å²) in [5.41, 5.74) is 0.971. The van der Waals surface area contributed by atoms with Gasteiger partial charge < -0.3 is 14.2 Å². The Morgan fingerprint density at radius 1 is 0.514 bits per heavy atom. The summed E-state index contributed by atoms with van der Waals surface area (Å²) in [5, 5.41) is 0. The summed E-state index contributed by atoms with van der Waals surface area (Å²) in [4.78, 5) is 8.88. The van der Waals surface area contributed by atoms with Crippen molar-refractivity contribution in [2.24, 2.45) is 0 Å². The highest BCUT2D eigenvalue weighted by Gasteiger charge is 2.04. The highest BCUT2D eigenvalue weighted by molar-refractivity contribution is 5.56. The van der Waals surface area contributed by atoms with Crippen LogP contribution in [0.15, 0.2) is 36.7 Å². The first-order chi connectivity index (χ1) is 17.3. The fraction of sp³-hybridized carbons (Fsp3) is 0.667. The number of hydrogen-bond donors (Lipinski definition) is 0. The molecule has 0 saturated carbocycles. The van der Waals surface area contributed by atoms with Gasteiger partial charge in [-0.1, -0.05) is 90.9 Å². The van der Waals surface area contributed by atoms with Crippen molar-refractivity contribution in [3.63, 3.8) is 0 Å². The maximum atomic E-state index is 5.91. The van der Waals surface area contributed by atoms with Gasteiger partial charge in [0.2, 0.25) is 0 Å². The third kappa shape index (κ3) is 14.1. The Labute approximate surface area is 214 Å². The standard InChI is InChI=1S/C30H48N2O3/c1-3-5-7-9-10-11-12-13-14-16-22-34-28-19-17-27(18-20-28)30-31-25-29(26-32-30)35-24-23-33-21-15-8-6-4-2/h17-20,25-26H,3-16,21-24H2,1-2H3. The lowest BCUT2D eigenvalue weighted by Crippen LogP contribution is -2.08. The van der Waals surface area contributed by atoms with Crippen molar-refractivity contribution < 1.29 is 14.2 Å². The molecule has 0 unspecified atom stereocenters. The van der Waals surface area contributed by atoms with Gasteiger partial charge in [0.1, 0.15) is 12.4 Å². The van der Waals surface area contributed by atoms with Gasteiger partial charge in [0.25, 0.3) is 0 Å². The zero-order chi connectivity index (χ0) is 24.8. The van der Waals surface area contributed by atoms with Crippen LogP contribution in [0.4, 0.5) is 0 Å². The molecule has 5 heteroatoms. The van der Waals surface area contributed by atoms with Crippen LogP contribution in [0.3, 0.4) is 0 Å². The average molecular weight is 485 g/mol.